The van der Waals surface area contributed by atoms with Crippen molar-refractivity contribution in [2.75, 3.05) is 4.90 Å². The largest absolute Gasteiger partial charge is 0.456 e. The smallest absolute Gasteiger partial charge is 0.143 e. The van der Waals surface area contributed by atoms with E-state index >= 15 is 0 Å². The lowest BCUT2D eigenvalue weighted by Gasteiger charge is -2.28. The van der Waals surface area contributed by atoms with Crippen molar-refractivity contribution in [2.45, 2.75) is 0 Å². The number of para-hydroxylation sites is 2. The van der Waals surface area contributed by atoms with Crippen molar-refractivity contribution in [3.05, 3.63) is 176 Å². The number of nitrogens with zero attached hydrogens (tertiary/aromatic N) is 1. The van der Waals surface area contributed by atoms with Gasteiger partial charge < -0.3 is 13.7 Å². The summed E-state index contributed by atoms with van der Waals surface area (Å²) >= 11 is 0. The summed E-state index contributed by atoms with van der Waals surface area (Å²) in [5, 5.41) is 6.81. The summed E-state index contributed by atoms with van der Waals surface area (Å²) < 4.78 is 12.9. The standard InChI is InChI=1S/C46H29NO2/c1-2-11-30(12-3-1)35-14-6-8-18-41(35)47(34-26-28-39-38-16-7-9-19-42(38)48-44(39)29-34)33-24-21-32(22-25-33)36-17-10-20-43-45(36)40-27-23-31-13-4-5-15-37(31)46(40)49-43/h1-29H. The second kappa shape index (κ2) is 11.0. The summed E-state index contributed by atoms with van der Waals surface area (Å²) in [5.41, 5.74) is 11.4. The van der Waals surface area contributed by atoms with Gasteiger partial charge in [0.15, 0.2) is 0 Å². The van der Waals surface area contributed by atoms with Crippen LogP contribution in [0.25, 0.3) is 76.9 Å². The van der Waals surface area contributed by atoms with Crippen molar-refractivity contribution in [3.63, 3.8) is 0 Å². The van der Waals surface area contributed by atoms with Crippen molar-refractivity contribution in [1.29, 1.82) is 0 Å². The Hall–Kier alpha value is -6.58. The normalized spacial score (nSPS) is 11.7. The first-order valence-corrected chi connectivity index (χ1v) is 16.6. The molecule has 8 aromatic carbocycles. The monoisotopic (exact) mass is 627 g/mol. The number of furan rings is 2. The van der Waals surface area contributed by atoms with Crippen molar-refractivity contribution in [2.24, 2.45) is 0 Å². The van der Waals surface area contributed by atoms with Crippen LogP contribution >= 0.6 is 0 Å². The molecule has 49 heavy (non-hydrogen) atoms. The lowest BCUT2D eigenvalue weighted by Crippen LogP contribution is -2.11. The van der Waals surface area contributed by atoms with Gasteiger partial charge in [0, 0.05) is 49.9 Å². The van der Waals surface area contributed by atoms with Gasteiger partial charge in [0.1, 0.15) is 22.3 Å². The average molecular weight is 628 g/mol. The predicted molar refractivity (Wildman–Crippen MR) is 204 cm³/mol. The summed E-state index contributed by atoms with van der Waals surface area (Å²) in [6.07, 6.45) is 0. The first kappa shape index (κ1) is 27.5. The minimum atomic E-state index is 0.864. The highest BCUT2D eigenvalue weighted by atomic mass is 16.3. The highest BCUT2D eigenvalue weighted by molar-refractivity contribution is 6.19. The molecule has 2 heterocycles. The molecule has 0 saturated carbocycles. The second-order valence-electron chi connectivity index (χ2n) is 12.5. The van der Waals surface area contributed by atoms with Gasteiger partial charge in [0.25, 0.3) is 0 Å². The molecule has 10 rings (SSSR count). The Morgan fingerprint density at radius 1 is 0.367 bits per heavy atom. The van der Waals surface area contributed by atoms with Gasteiger partial charge in [-0.3, -0.25) is 0 Å². The van der Waals surface area contributed by atoms with Crippen LogP contribution in [0.3, 0.4) is 0 Å². The van der Waals surface area contributed by atoms with E-state index in [4.69, 9.17) is 8.83 Å². The molecule has 2 aromatic heterocycles. The highest BCUT2D eigenvalue weighted by Crippen LogP contribution is 2.44. The van der Waals surface area contributed by atoms with E-state index in [0.717, 1.165) is 88.6 Å². The Labute approximate surface area is 282 Å². The van der Waals surface area contributed by atoms with Gasteiger partial charge in [0.05, 0.1) is 5.69 Å². The summed E-state index contributed by atoms with van der Waals surface area (Å²) in [4.78, 5) is 2.33. The first-order valence-electron chi connectivity index (χ1n) is 16.6. The maximum Gasteiger partial charge on any atom is 0.143 e. The van der Waals surface area contributed by atoms with Crippen molar-refractivity contribution < 1.29 is 8.83 Å². The van der Waals surface area contributed by atoms with Crippen molar-refractivity contribution in [1.82, 2.24) is 0 Å². The number of fused-ring (bicyclic) bond motifs is 8. The topological polar surface area (TPSA) is 29.5 Å². The maximum atomic E-state index is 6.50. The van der Waals surface area contributed by atoms with Gasteiger partial charge in [0.2, 0.25) is 0 Å². The molecule has 10 aromatic rings. The van der Waals surface area contributed by atoms with Crippen molar-refractivity contribution in [3.8, 4) is 22.3 Å². The lowest BCUT2D eigenvalue weighted by molar-refractivity contribution is 0.669. The fourth-order valence-electron chi connectivity index (χ4n) is 7.40. The van der Waals surface area contributed by atoms with Crippen LogP contribution in [0.4, 0.5) is 17.1 Å². The van der Waals surface area contributed by atoms with E-state index in [-0.39, 0.29) is 0 Å². The third-order valence-electron chi connectivity index (χ3n) is 9.67. The molecule has 3 heteroatoms. The zero-order valence-electron chi connectivity index (χ0n) is 26.5. The SMILES string of the molecule is c1ccc(-c2ccccc2N(c2ccc(-c3cccc4oc5c6ccccc6ccc5c34)cc2)c2ccc3c(c2)oc2ccccc23)cc1. The van der Waals surface area contributed by atoms with Gasteiger partial charge in [-0.25, -0.2) is 0 Å². The van der Waals surface area contributed by atoms with Gasteiger partial charge in [-0.05, 0) is 70.6 Å². The van der Waals surface area contributed by atoms with Gasteiger partial charge >= 0.3 is 0 Å². The second-order valence-corrected chi connectivity index (χ2v) is 12.5. The first-order chi connectivity index (χ1) is 24.3. The van der Waals surface area contributed by atoms with Crippen LogP contribution in [0, 0.1) is 0 Å². The van der Waals surface area contributed by atoms with E-state index in [2.05, 4.69) is 169 Å². The zero-order chi connectivity index (χ0) is 32.3. The highest BCUT2D eigenvalue weighted by Gasteiger charge is 2.20. The third kappa shape index (κ3) is 4.44. The minimum Gasteiger partial charge on any atom is -0.456 e. The fourth-order valence-corrected chi connectivity index (χ4v) is 7.40. The molecule has 0 unspecified atom stereocenters. The Bertz CT molecular complexity index is 2830. The minimum absolute atomic E-state index is 0.864. The number of rotatable bonds is 5. The Balaban J connectivity index is 1.15. The molecule has 3 nitrogen and oxygen atoms in total. The van der Waals surface area contributed by atoms with Crippen LogP contribution < -0.4 is 4.90 Å². The Morgan fingerprint density at radius 2 is 1.02 bits per heavy atom. The molecule has 0 N–H and O–H groups in total. The predicted octanol–water partition coefficient (Wildman–Crippen LogP) is 13.4. The third-order valence-corrected chi connectivity index (χ3v) is 9.67. The summed E-state index contributed by atoms with van der Waals surface area (Å²) in [6, 6.07) is 62.0. The van der Waals surface area contributed by atoms with Crippen LogP contribution in [0.1, 0.15) is 0 Å². The van der Waals surface area contributed by atoms with Gasteiger partial charge in [-0.2, -0.15) is 0 Å². The molecule has 0 atom stereocenters. The molecule has 0 amide bonds. The van der Waals surface area contributed by atoms with E-state index in [0.29, 0.717) is 0 Å². The lowest BCUT2D eigenvalue weighted by atomic mass is 9.97. The average Bonchev–Trinajstić information content (AvgIpc) is 3.74. The van der Waals surface area contributed by atoms with E-state index in [1.54, 1.807) is 0 Å². The summed E-state index contributed by atoms with van der Waals surface area (Å²) in [6.45, 7) is 0. The van der Waals surface area contributed by atoms with E-state index < -0.39 is 0 Å². The van der Waals surface area contributed by atoms with Crippen LogP contribution in [0.2, 0.25) is 0 Å². The number of benzene rings is 8. The maximum absolute atomic E-state index is 6.50. The molecule has 0 saturated heterocycles. The van der Waals surface area contributed by atoms with Crippen LogP contribution in [-0.2, 0) is 0 Å². The van der Waals surface area contributed by atoms with E-state index in [1.165, 1.54) is 5.39 Å². The van der Waals surface area contributed by atoms with Gasteiger partial charge in [-0.15, -0.1) is 0 Å². The van der Waals surface area contributed by atoms with Gasteiger partial charge in [-0.1, -0.05) is 121 Å². The van der Waals surface area contributed by atoms with Crippen molar-refractivity contribution >= 4 is 71.7 Å². The molecule has 0 fully saturated rings. The fraction of sp³-hybridized carbons (Fsp3) is 0. The van der Waals surface area contributed by atoms with E-state index in [9.17, 15) is 0 Å². The van der Waals surface area contributed by atoms with Crippen LogP contribution in [0.15, 0.2) is 185 Å². The zero-order valence-corrected chi connectivity index (χ0v) is 26.5. The Kier molecular flexibility index (Phi) is 6.18. The molecule has 0 spiro atoms. The van der Waals surface area contributed by atoms with Crippen LogP contribution in [-0.4, -0.2) is 0 Å². The summed E-state index contributed by atoms with van der Waals surface area (Å²) in [5.74, 6) is 0. The molecule has 0 aliphatic carbocycles. The molecule has 0 radical (unpaired) electrons. The quantitative estimate of drug-likeness (QED) is 0.190. The number of hydrogen-bond donors (Lipinski definition) is 0. The number of anilines is 3. The molecular formula is C46H29NO2. The molecule has 0 aliphatic rings. The number of hydrogen-bond acceptors (Lipinski definition) is 3. The van der Waals surface area contributed by atoms with E-state index in [1.807, 2.05) is 12.1 Å². The molecule has 0 bridgehead atoms. The molecular weight excluding hydrogens is 599 g/mol. The van der Waals surface area contributed by atoms with Crippen LogP contribution in [0.5, 0.6) is 0 Å². The molecule has 0 aliphatic heterocycles. The molecule has 230 valence electrons. The summed E-state index contributed by atoms with van der Waals surface area (Å²) in [7, 11) is 0. The Morgan fingerprint density at radius 3 is 1.92 bits per heavy atom.